The van der Waals surface area contributed by atoms with Gasteiger partial charge in [0.1, 0.15) is 23.0 Å². The van der Waals surface area contributed by atoms with Crippen LogP contribution in [0.2, 0.25) is 0 Å². The second kappa shape index (κ2) is 6.67. The first-order valence-electron chi connectivity index (χ1n) is 5.66. The Morgan fingerprint density at radius 3 is 2.79 bits per heavy atom. The van der Waals surface area contributed by atoms with Crippen LogP contribution in [0.3, 0.4) is 0 Å². The van der Waals surface area contributed by atoms with E-state index in [2.05, 4.69) is 10.5 Å². The molecule has 0 bridgehead atoms. The minimum atomic E-state index is -0.906. The molecule has 0 aliphatic heterocycles. The molecule has 0 atom stereocenters. The van der Waals surface area contributed by atoms with Crippen LogP contribution in [0.25, 0.3) is 0 Å². The molecule has 19 heavy (non-hydrogen) atoms. The lowest BCUT2D eigenvalue weighted by Crippen LogP contribution is -2.27. The molecule has 0 saturated heterocycles. The van der Waals surface area contributed by atoms with Crippen LogP contribution < -0.4 is 11.1 Å². The highest BCUT2D eigenvalue weighted by molar-refractivity contribution is 5.95. The fourth-order valence-electron chi connectivity index (χ4n) is 1.47. The van der Waals surface area contributed by atoms with E-state index in [1.165, 1.54) is 13.0 Å². The molecule has 1 amide bonds. The van der Waals surface area contributed by atoms with E-state index in [4.69, 9.17) is 10.9 Å². The molecule has 0 saturated carbocycles. The standard InChI is InChI=1S/C12H15F2N3O2/c1-7-4-5-8(13)10(11(7)14)12(18)16-6-2-3-9(15)17-19/h4-5,19H,2-3,6H2,1H3,(H2,15,17)(H,16,18). The zero-order valence-corrected chi connectivity index (χ0v) is 10.4. The Morgan fingerprint density at radius 2 is 2.16 bits per heavy atom. The number of hydrogen-bond acceptors (Lipinski definition) is 3. The Bertz CT molecular complexity index is 504. The summed E-state index contributed by atoms with van der Waals surface area (Å²) in [5, 5.41) is 13.4. The van der Waals surface area contributed by atoms with Crippen molar-refractivity contribution in [2.24, 2.45) is 10.9 Å². The Hall–Kier alpha value is -2.18. The van der Waals surface area contributed by atoms with Crippen molar-refractivity contribution in [2.75, 3.05) is 6.54 Å². The van der Waals surface area contributed by atoms with Gasteiger partial charge in [-0.15, -0.1) is 0 Å². The van der Waals surface area contributed by atoms with E-state index in [0.717, 1.165) is 6.07 Å². The van der Waals surface area contributed by atoms with Crippen molar-refractivity contribution in [1.82, 2.24) is 5.32 Å². The van der Waals surface area contributed by atoms with Crippen molar-refractivity contribution in [3.63, 3.8) is 0 Å². The zero-order chi connectivity index (χ0) is 14.4. The lowest BCUT2D eigenvalue weighted by Gasteiger charge is -2.08. The Kier molecular flexibility index (Phi) is 5.23. The number of carbonyl (C=O) groups is 1. The van der Waals surface area contributed by atoms with E-state index < -0.39 is 23.1 Å². The lowest BCUT2D eigenvalue weighted by atomic mass is 10.1. The maximum atomic E-state index is 13.6. The number of nitrogens with two attached hydrogens (primary N) is 1. The van der Waals surface area contributed by atoms with Crippen molar-refractivity contribution < 1.29 is 18.8 Å². The smallest absolute Gasteiger partial charge is 0.257 e. The number of rotatable bonds is 5. The third kappa shape index (κ3) is 3.90. The van der Waals surface area contributed by atoms with Gasteiger partial charge in [-0.25, -0.2) is 8.78 Å². The second-order valence-corrected chi connectivity index (χ2v) is 4.00. The van der Waals surface area contributed by atoms with Gasteiger partial charge < -0.3 is 16.3 Å². The molecule has 5 nitrogen and oxygen atoms in total. The Balaban J connectivity index is 2.62. The Morgan fingerprint density at radius 1 is 1.47 bits per heavy atom. The minimum absolute atomic E-state index is 0.0298. The third-order valence-corrected chi connectivity index (χ3v) is 2.53. The van der Waals surface area contributed by atoms with Gasteiger partial charge in [0.15, 0.2) is 0 Å². The molecule has 0 aromatic heterocycles. The van der Waals surface area contributed by atoms with E-state index in [1.807, 2.05) is 0 Å². The minimum Gasteiger partial charge on any atom is -0.409 e. The van der Waals surface area contributed by atoms with Crippen molar-refractivity contribution in [3.8, 4) is 0 Å². The molecule has 0 aliphatic carbocycles. The van der Waals surface area contributed by atoms with Crippen LogP contribution in [-0.2, 0) is 0 Å². The summed E-state index contributed by atoms with van der Waals surface area (Å²) in [5.41, 5.74) is 4.84. The number of halogens is 2. The normalized spacial score (nSPS) is 11.4. The molecule has 0 spiro atoms. The molecule has 0 fully saturated rings. The predicted octanol–water partition coefficient (Wildman–Crippen LogP) is 1.53. The number of nitrogens with zero attached hydrogens (tertiary/aromatic N) is 1. The number of aryl methyl sites for hydroxylation is 1. The quantitative estimate of drug-likeness (QED) is 0.249. The van der Waals surface area contributed by atoms with E-state index in [0.29, 0.717) is 6.42 Å². The molecule has 1 aromatic carbocycles. The summed E-state index contributed by atoms with van der Waals surface area (Å²) in [6.07, 6.45) is 0.673. The summed E-state index contributed by atoms with van der Waals surface area (Å²) in [4.78, 5) is 11.7. The highest BCUT2D eigenvalue weighted by Gasteiger charge is 2.18. The van der Waals surface area contributed by atoms with Gasteiger partial charge in [-0.05, 0) is 25.0 Å². The topological polar surface area (TPSA) is 87.7 Å². The summed E-state index contributed by atoms with van der Waals surface area (Å²) in [6.45, 7) is 1.62. The molecular weight excluding hydrogens is 256 g/mol. The maximum Gasteiger partial charge on any atom is 0.257 e. The summed E-state index contributed by atoms with van der Waals surface area (Å²) < 4.78 is 27.0. The van der Waals surface area contributed by atoms with Gasteiger partial charge in [-0.2, -0.15) is 0 Å². The van der Waals surface area contributed by atoms with Gasteiger partial charge in [0.2, 0.25) is 0 Å². The van der Waals surface area contributed by atoms with Gasteiger partial charge in [-0.1, -0.05) is 11.2 Å². The van der Waals surface area contributed by atoms with Gasteiger partial charge in [-0.3, -0.25) is 4.79 Å². The van der Waals surface area contributed by atoms with Gasteiger partial charge >= 0.3 is 0 Å². The van der Waals surface area contributed by atoms with Gasteiger partial charge in [0, 0.05) is 13.0 Å². The number of benzene rings is 1. The van der Waals surface area contributed by atoms with Crippen molar-refractivity contribution in [1.29, 1.82) is 0 Å². The average molecular weight is 271 g/mol. The first-order chi connectivity index (χ1) is 8.97. The number of nitrogens with one attached hydrogen (secondary N) is 1. The number of amidine groups is 1. The maximum absolute atomic E-state index is 13.6. The number of oxime groups is 1. The molecule has 0 aliphatic rings. The number of hydrogen-bond donors (Lipinski definition) is 3. The second-order valence-electron chi connectivity index (χ2n) is 4.00. The SMILES string of the molecule is Cc1ccc(F)c(C(=O)NCCC/C(N)=N/O)c1F. The van der Waals surface area contributed by atoms with E-state index in [9.17, 15) is 13.6 Å². The number of amides is 1. The van der Waals surface area contributed by atoms with Gasteiger partial charge in [0.05, 0.1) is 0 Å². The highest BCUT2D eigenvalue weighted by atomic mass is 19.1. The van der Waals surface area contributed by atoms with Crippen LogP contribution in [-0.4, -0.2) is 23.5 Å². The summed E-state index contributed by atoms with van der Waals surface area (Å²) in [6, 6.07) is 2.31. The summed E-state index contributed by atoms with van der Waals surface area (Å²) >= 11 is 0. The fraction of sp³-hybridized carbons (Fsp3) is 0.333. The molecule has 104 valence electrons. The van der Waals surface area contributed by atoms with Crippen LogP contribution in [0.15, 0.2) is 17.3 Å². The van der Waals surface area contributed by atoms with Crippen molar-refractivity contribution in [3.05, 3.63) is 34.9 Å². The first-order valence-corrected chi connectivity index (χ1v) is 5.66. The van der Waals surface area contributed by atoms with Crippen molar-refractivity contribution in [2.45, 2.75) is 19.8 Å². The van der Waals surface area contributed by atoms with E-state index in [1.54, 1.807) is 0 Å². The van der Waals surface area contributed by atoms with Gasteiger partial charge in [0.25, 0.3) is 5.91 Å². The fourth-order valence-corrected chi connectivity index (χ4v) is 1.47. The van der Waals surface area contributed by atoms with E-state index in [-0.39, 0.29) is 24.4 Å². The van der Waals surface area contributed by atoms with E-state index >= 15 is 0 Å². The Labute approximate surface area is 109 Å². The van der Waals surface area contributed by atoms with Crippen molar-refractivity contribution >= 4 is 11.7 Å². The molecule has 1 rings (SSSR count). The average Bonchev–Trinajstić information content (AvgIpc) is 2.39. The monoisotopic (exact) mass is 271 g/mol. The highest BCUT2D eigenvalue weighted by Crippen LogP contribution is 2.16. The molecular formula is C12H15F2N3O2. The van der Waals surface area contributed by atoms with Crippen LogP contribution >= 0.6 is 0 Å². The molecule has 0 unspecified atom stereocenters. The molecule has 0 heterocycles. The summed E-state index contributed by atoms with van der Waals surface area (Å²) in [7, 11) is 0. The largest absolute Gasteiger partial charge is 0.409 e. The first kappa shape index (κ1) is 14.9. The zero-order valence-electron chi connectivity index (χ0n) is 10.4. The van der Waals surface area contributed by atoms with Crippen LogP contribution in [0.4, 0.5) is 8.78 Å². The van der Waals surface area contributed by atoms with Crippen LogP contribution in [0, 0.1) is 18.6 Å². The molecule has 0 radical (unpaired) electrons. The third-order valence-electron chi connectivity index (χ3n) is 2.53. The summed E-state index contributed by atoms with van der Waals surface area (Å²) in [5.74, 6) is -2.56. The van der Waals surface area contributed by atoms with Crippen LogP contribution in [0.1, 0.15) is 28.8 Å². The number of carbonyl (C=O) groups excluding carboxylic acids is 1. The van der Waals surface area contributed by atoms with Crippen LogP contribution in [0.5, 0.6) is 0 Å². The predicted molar refractivity (Wildman–Crippen MR) is 66.1 cm³/mol. The molecule has 7 heteroatoms. The molecule has 1 aromatic rings. The lowest BCUT2D eigenvalue weighted by molar-refractivity contribution is 0.0944. The molecule has 4 N–H and O–H groups in total.